The Hall–Kier alpha value is 0.250. The number of halogens is 2. The topological polar surface area (TPSA) is 17.1 Å². The first-order chi connectivity index (χ1) is 8.16. The number of rotatable bonds is 12. The van der Waals surface area contributed by atoms with Crippen molar-refractivity contribution in [2.24, 2.45) is 0 Å². The van der Waals surface area contributed by atoms with E-state index in [-0.39, 0.29) is 10.6 Å². The van der Waals surface area contributed by atoms with Gasteiger partial charge in [-0.1, -0.05) is 64.7 Å². The molecule has 0 N–H and O–H groups in total. The highest BCUT2D eigenvalue weighted by Gasteiger charge is 2.08. The smallest absolute Gasteiger partial charge is 0.223 e. The van der Waals surface area contributed by atoms with Gasteiger partial charge in [0, 0.05) is 11.8 Å². The van der Waals surface area contributed by atoms with E-state index in [4.69, 9.17) is 23.2 Å². The second kappa shape index (κ2) is 12.7. The van der Waals surface area contributed by atoms with Gasteiger partial charge in [0.05, 0.1) is 0 Å². The number of carbonyl (C=O) groups is 1. The average molecular weight is 281 g/mol. The van der Waals surface area contributed by atoms with Crippen LogP contribution in [0, 0.1) is 0 Å². The van der Waals surface area contributed by atoms with Gasteiger partial charge < -0.3 is 0 Å². The number of alkyl halides is 1. The first-order valence-corrected chi connectivity index (χ1v) is 7.80. The van der Waals surface area contributed by atoms with Crippen LogP contribution >= 0.6 is 23.2 Å². The second-order valence-electron chi connectivity index (χ2n) is 4.77. The van der Waals surface area contributed by atoms with Gasteiger partial charge >= 0.3 is 0 Å². The van der Waals surface area contributed by atoms with Crippen molar-refractivity contribution in [1.29, 1.82) is 0 Å². The Kier molecular flexibility index (Phi) is 12.9. The summed E-state index contributed by atoms with van der Waals surface area (Å²) >= 11 is 11.2. The van der Waals surface area contributed by atoms with Crippen LogP contribution in [0.3, 0.4) is 0 Å². The Morgan fingerprint density at radius 1 is 0.941 bits per heavy atom. The van der Waals surface area contributed by atoms with E-state index < -0.39 is 0 Å². The van der Waals surface area contributed by atoms with Crippen LogP contribution in [0.5, 0.6) is 0 Å². The molecule has 3 heteroatoms. The maximum absolute atomic E-state index is 10.6. The van der Waals surface area contributed by atoms with Crippen molar-refractivity contribution in [2.45, 2.75) is 82.9 Å². The molecule has 0 heterocycles. The van der Waals surface area contributed by atoms with E-state index in [0.29, 0.717) is 6.42 Å². The fraction of sp³-hybridized carbons (Fsp3) is 0.929. The lowest BCUT2D eigenvalue weighted by molar-refractivity contribution is -0.111. The molecule has 0 amide bonds. The van der Waals surface area contributed by atoms with Crippen LogP contribution in [0.15, 0.2) is 0 Å². The van der Waals surface area contributed by atoms with E-state index in [1.165, 1.54) is 51.4 Å². The quantitative estimate of drug-likeness (QED) is 0.256. The van der Waals surface area contributed by atoms with Gasteiger partial charge in [0.15, 0.2) is 0 Å². The molecule has 0 aromatic heterocycles. The summed E-state index contributed by atoms with van der Waals surface area (Å²) in [5.41, 5.74) is 0. The summed E-state index contributed by atoms with van der Waals surface area (Å²) < 4.78 is 0. The van der Waals surface area contributed by atoms with Crippen LogP contribution in [0.1, 0.15) is 77.6 Å². The van der Waals surface area contributed by atoms with Crippen LogP contribution < -0.4 is 0 Å². The number of unbranched alkanes of at least 4 members (excludes halogenated alkanes) is 8. The highest BCUT2D eigenvalue weighted by atomic mass is 35.5. The molecule has 0 radical (unpaired) electrons. The fourth-order valence-electron chi connectivity index (χ4n) is 1.95. The Bertz CT molecular complexity index is 183. The van der Waals surface area contributed by atoms with E-state index in [2.05, 4.69) is 6.92 Å². The number of carbonyl (C=O) groups excluding carboxylic acids is 1. The molecule has 0 aromatic carbocycles. The van der Waals surface area contributed by atoms with Gasteiger partial charge in [-0.05, 0) is 18.0 Å². The fourth-order valence-corrected chi connectivity index (χ4v) is 2.51. The van der Waals surface area contributed by atoms with Crippen molar-refractivity contribution >= 4 is 28.4 Å². The van der Waals surface area contributed by atoms with Gasteiger partial charge in [-0.25, -0.2) is 0 Å². The molecule has 17 heavy (non-hydrogen) atoms. The highest BCUT2D eigenvalue weighted by Crippen LogP contribution is 2.15. The lowest BCUT2D eigenvalue weighted by Gasteiger charge is -2.06. The van der Waals surface area contributed by atoms with Gasteiger partial charge in [0.1, 0.15) is 0 Å². The van der Waals surface area contributed by atoms with Gasteiger partial charge in [-0.2, -0.15) is 0 Å². The van der Waals surface area contributed by atoms with Crippen LogP contribution in [0.4, 0.5) is 0 Å². The molecule has 1 atom stereocenters. The van der Waals surface area contributed by atoms with Crippen LogP contribution in [0.2, 0.25) is 0 Å². The monoisotopic (exact) mass is 280 g/mol. The van der Waals surface area contributed by atoms with E-state index in [1.807, 2.05) is 0 Å². The maximum atomic E-state index is 10.6. The van der Waals surface area contributed by atoms with Crippen molar-refractivity contribution in [3.05, 3.63) is 0 Å². The first kappa shape index (κ1) is 17.2. The maximum Gasteiger partial charge on any atom is 0.223 e. The summed E-state index contributed by atoms with van der Waals surface area (Å²) in [6.07, 6.45) is 13.0. The SMILES string of the molecule is CCCCCCCCCCCC(Cl)CC(=O)Cl. The van der Waals surface area contributed by atoms with Gasteiger partial charge in [0.2, 0.25) is 5.24 Å². The second-order valence-corrected chi connectivity index (χ2v) is 5.81. The van der Waals surface area contributed by atoms with Crippen molar-refractivity contribution in [3.63, 3.8) is 0 Å². The summed E-state index contributed by atoms with van der Waals surface area (Å²) in [4.78, 5) is 10.6. The zero-order chi connectivity index (χ0) is 12.9. The summed E-state index contributed by atoms with van der Waals surface area (Å²) in [7, 11) is 0. The molecule has 0 bridgehead atoms. The molecule has 0 aliphatic carbocycles. The van der Waals surface area contributed by atoms with Crippen LogP contribution in [0.25, 0.3) is 0 Å². The van der Waals surface area contributed by atoms with E-state index in [1.54, 1.807) is 0 Å². The minimum atomic E-state index is -0.319. The molecule has 0 rings (SSSR count). The third kappa shape index (κ3) is 14.2. The molecular weight excluding hydrogens is 255 g/mol. The molecule has 0 aliphatic rings. The Labute approximate surface area is 116 Å². The molecule has 0 aliphatic heterocycles. The molecule has 0 saturated heterocycles. The Morgan fingerprint density at radius 3 is 1.88 bits per heavy atom. The van der Waals surface area contributed by atoms with Gasteiger partial charge in [-0.15, -0.1) is 11.6 Å². The van der Waals surface area contributed by atoms with Crippen molar-refractivity contribution in [1.82, 2.24) is 0 Å². The molecule has 0 aromatic rings. The summed E-state index contributed by atoms with van der Waals surface area (Å²) in [5, 5.41) is -0.384. The lowest BCUT2D eigenvalue weighted by Crippen LogP contribution is -2.02. The van der Waals surface area contributed by atoms with Crippen molar-refractivity contribution in [2.75, 3.05) is 0 Å². The van der Waals surface area contributed by atoms with E-state index in [9.17, 15) is 4.79 Å². The van der Waals surface area contributed by atoms with Gasteiger partial charge in [0.25, 0.3) is 0 Å². The largest absolute Gasteiger partial charge is 0.281 e. The normalized spacial score (nSPS) is 12.6. The van der Waals surface area contributed by atoms with Crippen LogP contribution in [-0.4, -0.2) is 10.6 Å². The molecule has 0 spiro atoms. The Balaban J connectivity index is 3.10. The Morgan fingerprint density at radius 2 is 1.41 bits per heavy atom. The predicted molar refractivity (Wildman–Crippen MR) is 77.0 cm³/mol. The number of hydrogen-bond donors (Lipinski definition) is 0. The predicted octanol–water partition coefficient (Wildman–Crippen LogP) is 5.67. The zero-order valence-electron chi connectivity index (χ0n) is 11.0. The summed E-state index contributed by atoms with van der Waals surface area (Å²) in [6, 6.07) is 0. The summed E-state index contributed by atoms with van der Waals surface area (Å²) in [5.74, 6) is 0. The summed E-state index contributed by atoms with van der Waals surface area (Å²) in [6.45, 7) is 2.24. The standard InChI is InChI=1S/C14H26Cl2O/c1-2-3-4-5-6-7-8-9-10-11-13(15)12-14(16)17/h13H,2-12H2,1H3. The van der Waals surface area contributed by atoms with Gasteiger partial charge in [-0.3, -0.25) is 4.79 Å². The molecule has 0 saturated carbocycles. The zero-order valence-corrected chi connectivity index (χ0v) is 12.5. The van der Waals surface area contributed by atoms with Crippen molar-refractivity contribution < 1.29 is 4.79 Å². The first-order valence-electron chi connectivity index (χ1n) is 6.99. The number of hydrogen-bond acceptors (Lipinski definition) is 1. The molecule has 1 nitrogen and oxygen atoms in total. The van der Waals surface area contributed by atoms with Crippen molar-refractivity contribution in [3.8, 4) is 0 Å². The third-order valence-corrected chi connectivity index (χ3v) is 3.53. The minimum absolute atomic E-state index is 0.0652. The highest BCUT2D eigenvalue weighted by molar-refractivity contribution is 6.63. The lowest BCUT2D eigenvalue weighted by atomic mass is 10.1. The van der Waals surface area contributed by atoms with Crippen LogP contribution in [-0.2, 0) is 4.79 Å². The molecule has 0 fully saturated rings. The molecule has 102 valence electrons. The van der Waals surface area contributed by atoms with E-state index >= 15 is 0 Å². The third-order valence-electron chi connectivity index (χ3n) is 3.00. The average Bonchev–Trinajstić information content (AvgIpc) is 2.26. The molecular formula is C14H26Cl2O. The minimum Gasteiger partial charge on any atom is -0.281 e. The van der Waals surface area contributed by atoms with E-state index in [0.717, 1.165) is 12.8 Å². The molecule has 1 unspecified atom stereocenters.